The minimum atomic E-state index is -3.60. The van der Waals surface area contributed by atoms with E-state index in [-0.39, 0.29) is 4.90 Å². The van der Waals surface area contributed by atoms with E-state index in [2.05, 4.69) is 30.8 Å². The summed E-state index contributed by atoms with van der Waals surface area (Å²) < 4.78 is 27.7. The van der Waals surface area contributed by atoms with Gasteiger partial charge in [0.25, 0.3) is 10.0 Å². The molecule has 7 heteroatoms. The number of nitrogens with zero attached hydrogens (tertiary/aromatic N) is 1. The first-order chi connectivity index (χ1) is 8.92. The highest BCUT2D eigenvalue weighted by molar-refractivity contribution is 9.10. The Morgan fingerprint density at radius 2 is 2.11 bits per heavy atom. The summed E-state index contributed by atoms with van der Waals surface area (Å²) in [6.07, 6.45) is 0.770. The van der Waals surface area contributed by atoms with Crippen LogP contribution in [0.1, 0.15) is 18.2 Å². The van der Waals surface area contributed by atoms with Crippen molar-refractivity contribution in [2.45, 2.75) is 25.2 Å². The van der Waals surface area contributed by atoms with Gasteiger partial charge in [0, 0.05) is 16.2 Å². The molecule has 0 radical (unpaired) electrons. The highest BCUT2D eigenvalue weighted by Gasteiger charge is 2.16. The summed E-state index contributed by atoms with van der Waals surface area (Å²) in [5.74, 6) is 0.303. The highest BCUT2D eigenvalue weighted by Crippen LogP contribution is 2.21. The molecule has 2 N–H and O–H groups in total. The van der Waals surface area contributed by atoms with Gasteiger partial charge in [-0.3, -0.25) is 9.82 Å². The minimum absolute atomic E-state index is 0.217. The molecule has 0 saturated heterocycles. The molecule has 0 aliphatic carbocycles. The molecule has 0 aliphatic rings. The molecule has 0 unspecified atom stereocenters. The molecule has 102 valence electrons. The van der Waals surface area contributed by atoms with E-state index in [1.165, 1.54) is 0 Å². The zero-order chi connectivity index (χ0) is 14.0. The van der Waals surface area contributed by atoms with Crippen molar-refractivity contribution >= 4 is 31.8 Å². The first-order valence-electron chi connectivity index (χ1n) is 5.75. The number of sulfonamides is 1. The number of nitrogens with one attached hydrogen (secondary N) is 2. The van der Waals surface area contributed by atoms with Crippen molar-refractivity contribution in [1.29, 1.82) is 0 Å². The van der Waals surface area contributed by atoms with Gasteiger partial charge in [0.1, 0.15) is 0 Å². The maximum Gasteiger partial charge on any atom is 0.263 e. The van der Waals surface area contributed by atoms with Crippen molar-refractivity contribution in [2.75, 3.05) is 4.72 Å². The smallest absolute Gasteiger partial charge is 0.263 e. The third-order valence-corrected chi connectivity index (χ3v) is 4.93. The van der Waals surface area contributed by atoms with Crippen molar-refractivity contribution in [2.24, 2.45) is 0 Å². The van der Waals surface area contributed by atoms with Crippen LogP contribution in [-0.2, 0) is 16.4 Å². The number of rotatable bonds is 4. The Bertz CT molecular complexity index is 695. The van der Waals surface area contributed by atoms with Crippen LogP contribution in [0.15, 0.2) is 33.6 Å². The second kappa shape index (κ2) is 5.34. The third kappa shape index (κ3) is 3.16. The molecule has 0 amide bonds. The molecule has 0 fully saturated rings. The number of H-pyrrole nitrogens is 1. The van der Waals surface area contributed by atoms with Gasteiger partial charge in [0.05, 0.1) is 4.90 Å². The van der Waals surface area contributed by atoms with E-state index in [1.807, 2.05) is 13.8 Å². The Kier molecular flexibility index (Phi) is 3.96. The molecule has 19 heavy (non-hydrogen) atoms. The standard InChI is InChI=1S/C12H14BrN3O2S/c1-3-9-7-12(15-14-9)16-19(17,18)10-4-5-11(13)8(2)6-10/h4-7H,3H2,1-2H3,(H2,14,15,16). The number of aromatic nitrogens is 2. The van der Waals surface area contributed by atoms with Gasteiger partial charge >= 0.3 is 0 Å². The zero-order valence-corrected chi connectivity index (χ0v) is 13.0. The summed E-state index contributed by atoms with van der Waals surface area (Å²) in [5.41, 5.74) is 1.74. The molecule has 1 heterocycles. The van der Waals surface area contributed by atoms with E-state index in [4.69, 9.17) is 0 Å². The van der Waals surface area contributed by atoms with Crippen LogP contribution in [0.5, 0.6) is 0 Å². The van der Waals surface area contributed by atoms with Gasteiger partial charge in [0.2, 0.25) is 0 Å². The normalized spacial score (nSPS) is 11.5. The van der Waals surface area contributed by atoms with Gasteiger partial charge in [-0.15, -0.1) is 0 Å². The lowest BCUT2D eigenvalue weighted by atomic mass is 10.2. The average Bonchev–Trinajstić information content (AvgIpc) is 2.79. The largest absolute Gasteiger partial charge is 0.280 e. The van der Waals surface area contributed by atoms with Crippen molar-refractivity contribution in [3.8, 4) is 0 Å². The number of hydrogen-bond acceptors (Lipinski definition) is 3. The number of anilines is 1. The van der Waals surface area contributed by atoms with Gasteiger partial charge in [-0.05, 0) is 37.1 Å². The topological polar surface area (TPSA) is 74.8 Å². The van der Waals surface area contributed by atoms with Gasteiger partial charge < -0.3 is 0 Å². The Labute approximate surface area is 120 Å². The van der Waals surface area contributed by atoms with Crippen LogP contribution in [0.25, 0.3) is 0 Å². The molecule has 1 aromatic carbocycles. The Hall–Kier alpha value is -1.34. The van der Waals surface area contributed by atoms with E-state index in [0.717, 1.165) is 22.2 Å². The molecule has 1 aromatic heterocycles. The third-order valence-electron chi connectivity index (χ3n) is 2.69. The minimum Gasteiger partial charge on any atom is -0.280 e. The number of halogens is 1. The van der Waals surface area contributed by atoms with E-state index >= 15 is 0 Å². The van der Waals surface area contributed by atoms with Crippen LogP contribution in [0.2, 0.25) is 0 Å². The Balaban J connectivity index is 2.29. The lowest BCUT2D eigenvalue weighted by Gasteiger charge is -2.06. The number of benzene rings is 1. The van der Waals surface area contributed by atoms with Gasteiger partial charge in [-0.1, -0.05) is 22.9 Å². The summed E-state index contributed by atoms with van der Waals surface area (Å²) in [6, 6.07) is 6.56. The Morgan fingerprint density at radius 3 is 2.68 bits per heavy atom. The number of aromatic amines is 1. The first-order valence-corrected chi connectivity index (χ1v) is 8.03. The van der Waals surface area contributed by atoms with Crippen LogP contribution in [0.3, 0.4) is 0 Å². The van der Waals surface area contributed by atoms with Gasteiger partial charge in [-0.25, -0.2) is 8.42 Å². The van der Waals surface area contributed by atoms with Gasteiger partial charge in [-0.2, -0.15) is 5.10 Å². The van der Waals surface area contributed by atoms with Crippen LogP contribution >= 0.6 is 15.9 Å². The summed E-state index contributed by atoms with van der Waals surface area (Å²) in [7, 11) is -3.60. The molecule has 0 saturated carbocycles. The maximum absolute atomic E-state index is 12.2. The first kappa shape index (κ1) is 14.1. The quantitative estimate of drug-likeness (QED) is 0.896. The molecule has 2 rings (SSSR count). The van der Waals surface area contributed by atoms with Crippen molar-refractivity contribution in [3.63, 3.8) is 0 Å². The second-order valence-electron chi connectivity index (χ2n) is 4.15. The summed E-state index contributed by atoms with van der Waals surface area (Å²) >= 11 is 3.34. The zero-order valence-electron chi connectivity index (χ0n) is 10.6. The van der Waals surface area contributed by atoms with Crippen molar-refractivity contribution < 1.29 is 8.42 Å². The molecule has 0 spiro atoms. The summed E-state index contributed by atoms with van der Waals surface area (Å²) in [4.78, 5) is 0.217. The lowest BCUT2D eigenvalue weighted by Crippen LogP contribution is -2.13. The summed E-state index contributed by atoms with van der Waals surface area (Å²) in [6.45, 7) is 3.80. The predicted molar refractivity (Wildman–Crippen MR) is 77.7 cm³/mol. The number of hydrogen-bond donors (Lipinski definition) is 2. The van der Waals surface area contributed by atoms with E-state index in [0.29, 0.717) is 5.82 Å². The van der Waals surface area contributed by atoms with Crippen molar-refractivity contribution in [3.05, 3.63) is 40.0 Å². The van der Waals surface area contributed by atoms with Gasteiger partial charge in [0.15, 0.2) is 5.82 Å². The van der Waals surface area contributed by atoms with Crippen LogP contribution in [0.4, 0.5) is 5.82 Å². The molecule has 2 aromatic rings. The predicted octanol–water partition coefficient (Wildman–Crippen LogP) is 2.84. The fraction of sp³-hybridized carbons (Fsp3) is 0.250. The molecule has 0 atom stereocenters. The van der Waals surface area contributed by atoms with Crippen LogP contribution in [-0.4, -0.2) is 18.6 Å². The Morgan fingerprint density at radius 1 is 1.37 bits per heavy atom. The lowest BCUT2D eigenvalue weighted by molar-refractivity contribution is 0.601. The fourth-order valence-corrected chi connectivity index (χ4v) is 2.90. The molecule has 5 nitrogen and oxygen atoms in total. The van der Waals surface area contributed by atoms with E-state index < -0.39 is 10.0 Å². The average molecular weight is 344 g/mol. The van der Waals surface area contributed by atoms with E-state index in [9.17, 15) is 8.42 Å². The maximum atomic E-state index is 12.2. The van der Waals surface area contributed by atoms with Crippen LogP contribution < -0.4 is 4.72 Å². The second-order valence-corrected chi connectivity index (χ2v) is 6.69. The molecule has 0 aliphatic heterocycles. The molecular formula is C12H14BrN3O2S. The summed E-state index contributed by atoms with van der Waals surface area (Å²) in [5, 5.41) is 6.68. The van der Waals surface area contributed by atoms with E-state index in [1.54, 1.807) is 24.3 Å². The van der Waals surface area contributed by atoms with Crippen LogP contribution in [0, 0.1) is 6.92 Å². The number of aryl methyl sites for hydroxylation is 2. The fourth-order valence-electron chi connectivity index (χ4n) is 1.58. The highest BCUT2D eigenvalue weighted by atomic mass is 79.9. The SMILES string of the molecule is CCc1cc(NS(=O)(=O)c2ccc(Br)c(C)c2)n[nH]1. The molecular weight excluding hydrogens is 330 g/mol. The molecule has 0 bridgehead atoms. The monoisotopic (exact) mass is 343 g/mol. The van der Waals surface area contributed by atoms with Crippen molar-refractivity contribution in [1.82, 2.24) is 10.2 Å².